The summed E-state index contributed by atoms with van der Waals surface area (Å²) in [6.45, 7) is 7.79. The summed E-state index contributed by atoms with van der Waals surface area (Å²) < 4.78 is 5.54. The van der Waals surface area contributed by atoms with Crippen LogP contribution in [0.3, 0.4) is 0 Å². The summed E-state index contributed by atoms with van der Waals surface area (Å²) in [5.41, 5.74) is 0. The zero-order valence-electron chi connectivity index (χ0n) is 9.35. The molecular weight excluding hydrogens is 214 g/mol. The molecule has 0 aliphatic carbocycles. The summed E-state index contributed by atoms with van der Waals surface area (Å²) in [6.07, 6.45) is 0. The summed E-state index contributed by atoms with van der Waals surface area (Å²) in [5.74, 6) is 6.36. The minimum atomic E-state index is 0.249. The Labute approximate surface area is 95.3 Å². The van der Waals surface area contributed by atoms with Gasteiger partial charge in [-0.1, -0.05) is 27.5 Å². The fourth-order valence-electron chi connectivity index (χ4n) is 0.838. The second kappa shape index (κ2) is 8.49. The molecule has 0 amide bonds. The van der Waals surface area contributed by atoms with Crippen LogP contribution in [0.25, 0.3) is 0 Å². The van der Waals surface area contributed by atoms with Crippen molar-refractivity contribution in [1.82, 2.24) is 5.32 Å². The average molecular weight is 233 g/mol. The van der Waals surface area contributed by atoms with E-state index in [0.717, 1.165) is 6.54 Å². The van der Waals surface area contributed by atoms with E-state index < -0.39 is 0 Å². The quantitative estimate of drug-likeness (QED) is 0.315. The molecular formula is C10H19NOS2. The van der Waals surface area contributed by atoms with Gasteiger partial charge >= 0.3 is 0 Å². The molecule has 2 nitrogen and oxygen atoms in total. The standard InChI is InChI=1S/C10H19NOS2/c1-5-6-7-12-9-13-14-10(2,3)8-11-4/h11H,7-9H2,1-4H3. The fourth-order valence-corrected chi connectivity index (χ4v) is 3.04. The van der Waals surface area contributed by atoms with Crippen molar-refractivity contribution in [3.8, 4) is 11.8 Å². The largest absolute Gasteiger partial charge is 0.357 e. The first-order valence-corrected chi connectivity index (χ1v) is 6.87. The lowest BCUT2D eigenvalue weighted by Crippen LogP contribution is -2.28. The zero-order chi connectivity index (χ0) is 10.9. The Balaban J connectivity index is 3.37. The fraction of sp³-hybridized carbons (Fsp3) is 0.800. The lowest BCUT2D eigenvalue weighted by molar-refractivity contribution is 0.223. The molecule has 0 aromatic heterocycles. The van der Waals surface area contributed by atoms with E-state index in [1.807, 2.05) is 24.8 Å². The van der Waals surface area contributed by atoms with Gasteiger partial charge in [0.1, 0.15) is 12.5 Å². The maximum atomic E-state index is 5.30. The molecule has 0 saturated heterocycles. The molecule has 0 fully saturated rings. The van der Waals surface area contributed by atoms with Crippen LogP contribution in [0.4, 0.5) is 0 Å². The van der Waals surface area contributed by atoms with Crippen LogP contribution in [-0.4, -0.2) is 30.9 Å². The highest BCUT2D eigenvalue weighted by Crippen LogP contribution is 2.34. The molecule has 0 unspecified atom stereocenters. The normalized spacial score (nSPS) is 10.9. The van der Waals surface area contributed by atoms with Crippen molar-refractivity contribution >= 4 is 21.6 Å². The molecule has 0 saturated carbocycles. The Hall–Kier alpha value is 0.180. The van der Waals surface area contributed by atoms with Crippen molar-refractivity contribution in [1.29, 1.82) is 0 Å². The van der Waals surface area contributed by atoms with Gasteiger partial charge in [0.15, 0.2) is 0 Å². The molecule has 0 radical (unpaired) electrons. The first-order valence-electron chi connectivity index (χ1n) is 4.55. The van der Waals surface area contributed by atoms with Crippen LogP contribution in [0.2, 0.25) is 0 Å². The van der Waals surface area contributed by atoms with E-state index in [2.05, 4.69) is 31.0 Å². The summed E-state index contributed by atoms with van der Waals surface area (Å²) in [7, 11) is 5.55. The van der Waals surface area contributed by atoms with Gasteiger partial charge in [-0.2, -0.15) is 0 Å². The maximum absolute atomic E-state index is 5.30. The van der Waals surface area contributed by atoms with E-state index in [0.29, 0.717) is 12.5 Å². The van der Waals surface area contributed by atoms with Gasteiger partial charge in [0.25, 0.3) is 0 Å². The topological polar surface area (TPSA) is 21.3 Å². The molecule has 0 aromatic carbocycles. The molecule has 0 rings (SSSR count). The van der Waals surface area contributed by atoms with Crippen molar-refractivity contribution in [3.63, 3.8) is 0 Å². The van der Waals surface area contributed by atoms with Crippen molar-refractivity contribution < 1.29 is 4.74 Å². The average Bonchev–Trinajstić information content (AvgIpc) is 2.11. The Morgan fingerprint density at radius 2 is 2.14 bits per heavy atom. The van der Waals surface area contributed by atoms with Gasteiger partial charge in [-0.15, -0.1) is 5.92 Å². The smallest absolute Gasteiger partial charge is 0.108 e. The van der Waals surface area contributed by atoms with E-state index in [1.54, 1.807) is 10.8 Å². The van der Waals surface area contributed by atoms with Gasteiger partial charge in [0.2, 0.25) is 0 Å². The lowest BCUT2D eigenvalue weighted by atomic mass is 10.2. The van der Waals surface area contributed by atoms with Gasteiger partial charge in [-0.3, -0.25) is 0 Å². The molecule has 0 spiro atoms. The third-order valence-electron chi connectivity index (χ3n) is 1.37. The van der Waals surface area contributed by atoms with Crippen molar-refractivity contribution in [2.24, 2.45) is 0 Å². The van der Waals surface area contributed by atoms with Crippen molar-refractivity contribution in [3.05, 3.63) is 0 Å². The highest BCUT2D eigenvalue weighted by molar-refractivity contribution is 8.77. The van der Waals surface area contributed by atoms with Crippen LogP contribution in [0.1, 0.15) is 20.8 Å². The van der Waals surface area contributed by atoms with E-state index in [4.69, 9.17) is 4.74 Å². The van der Waals surface area contributed by atoms with E-state index >= 15 is 0 Å². The lowest BCUT2D eigenvalue weighted by Gasteiger charge is -2.22. The summed E-state index contributed by atoms with van der Waals surface area (Å²) in [6, 6.07) is 0. The van der Waals surface area contributed by atoms with E-state index in [-0.39, 0.29) is 4.75 Å². The molecule has 0 aliphatic rings. The van der Waals surface area contributed by atoms with Crippen LogP contribution >= 0.6 is 21.6 Å². The predicted octanol–water partition coefficient (Wildman–Crippen LogP) is 2.36. The molecule has 0 heterocycles. The summed E-state index contributed by atoms with van der Waals surface area (Å²) in [4.78, 5) is 0. The molecule has 0 bridgehead atoms. The van der Waals surface area contributed by atoms with Crippen molar-refractivity contribution in [2.75, 3.05) is 26.1 Å². The third-order valence-corrected chi connectivity index (χ3v) is 4.34. The number of hydrogen-bond acceptors (Lipinski definition) is 4. The van der Waals surface area contributed by atoms with Crippen LogP contribution in [0, 0.1) is 11.8 Å². The van der Waals surface area contributed by atoms with Crippen LogP contribution in [-0.2, 0) is 4.74 Å². The summed E-state index contributed by atoms with van der Waals surface area (Å²) in [5, 5.41) is 3.17. The molecule has 0 atom stereocenters. The highest BCUT2D eigenvalue weighted by atomic mass is 33.1. The van der Waals surface area contributed by atoms with Gasteiger partial charge in [-0.05, 0) is 27.8 Å². The van der Waals surface area contributed by atoms with Crippen LogP contribution < -0.4 is 5.32 Å². The van der Waals surface area contributed by atoms with Crippen molar-refractivity contribution in [2.45, 2.75) is 25.5 Å². The molecule has 0 aliphatic heterocycles. The van der Waals surface area contributed by atoms with Crippen LogP contribution in [0.5, 0.6) is 0 Å². The molecule has 82 valence electrons. The zero-order valence-corrected chi connectivity index (χ0v) is 11.0. The SMILES string of the molecule is CC#CCOCSSC(C)(C)CNC. The third kappa shape index (κ3) is 8.76. The number of ether oxygens (including phenoxy) is 1. The van der Waals surface area contributed by atoms with Gasteiger partial charge in [0, 0.05) is 11.3 Å². The monoisotopic (exact) mass is 233 g/mol. The predicted molar refractivity (Wildman–Crippen MR) is 67.5 cm³/mol. The second-order valence-electron chi connectivity index (χ2n) is 3.38. The Morgan fingerprint density at radius 1 is 1.43 bits per heavy atom. The maximum Gasteiger partial charge on any atom is 0.108 e. The first kappa shape index (κ1) is 14.2. The van der Waals surface area contributed by atoms with Gasteiger partial charge < -0.3 is 10.1 Å². The molecule has 14 heavy (non-hydrogen) atoms. The second-order valence-corrected chi connectivity index (χ2v) is 6.33. The van der Waals surface area contributed by atoms with Crippen LogP contribution in [0.15, 0.2) is 0 Å². The van der Waals surface area contributed by atoms with E-state index in [9.17, 15) is 0 Å². The van der Waals surface area contributed by atoms with Gasteiger partial charge in [0.05, 0.1) is 0 Å². The molecule has 4 heteroatoms. The highest BCUT2D eigenvalue weighted by Gasteiger charge is 2.17. The number of nitrogens with one attached hydrogen (secondary N) is 1. The minimum absolute atomic E-state index is 0.249. The van der Waals surface area contributed by atoms with Gasteiger partial charge in [-0.25, -0.2) is 0 Å². The first-order chi connectivity index (χ1) is 6.62. The Morgan fingerprint density at radius 3 is 2.71 bits per heavy atom. The van der Waals surface area contributed by atoms with E-state index in [1.165, 1.54) is 0 Å². The molecule has 0 aromatic rings. The number of hydrogen-bond donors (Lipinski definition) is 1. The minimum Gasteiger partial charge on any atom is -0.357 e. The summed E-state index contributed by atoms with van der Waals surface area (Å²) >= 11 is 0. The Bertz CT molecular complexity index is 196. The number of rotatable bonds is 7. The Kier molecular flexibility index (Phi) is 8.59. The molecule has 1 N–H and O–H groups in total.